The number of aliphatic carboxylic acids is 3. The predicted molar refractivity (Wildman–Crippen MR) is 84.4 cm³/mol. The summed E-state index contributed by atoms with van der Waals surface area (Å²) in [5, 5.41) is 44.6. The van der Waals surface area contributed by atoms with Crippen LogP contribution in [0.3, 0.4) is 0 Å². The number of carboxylic acid groups (broad SMARTS) is 3. The van der Waals surface area contributed by atoms with Gasteiger partial charge in [0.2, 0.25) is 0 Å². The Morgan fingerprint density at radius 3 is 2.21 bits per heavy atom. The summed E-state index contributed by atoms with van der Waals surface area (Å²) in [6, 6.07) is -1.31. The van der Waals surface area contributed by atoms with Crippen LogP contribution in [0.1, 0.15) is 39.0 Å². The Balaban J connectivity index is 4.67. The molecule has 0 saturated carbocycles. The van der Waals surface area contributed by atoms with E-state index in [1.165, 1.54) is 6.92 Å². The molecule has 0 saturated heterocycles. The third-order valence-corrected chi connectivity index (χ3v) is 3.58. The minimum Gasteiger partial charge on any atom is -0.481 e. The molecule has 0 spiro atoms. The summed E-state index contributed by atoms with van der Waals surface area (Å²) in [4.78, 5) is 33.0. The molecule has 0 aliphatic heterocycles. The number of carbonyl (C=O) groups is 3. The van der Waals surface area contributed by atoms with E-state index in [4.69, 9.17) is 10.2 Å². The van der Waals surface area contributed by atoms with E-state index in [2.05, 4.69) is 16.0 Å². The number of hydrogen-bond acceptors (Lipinski definition) is 7. The molecule has 0 aromatic heterocycles. The van der Waals surface area contributed by atoms with Crippen molar-refractivity contribution in [2.24, 2.45) is 0 Å². The van der Waals surface area contributed by atoms with E-state index >= 15 is 0 Å². The number of nitrogens with one attached hydrogen (secondary N) is 3. The number of rotatable bonds is 14. The molecule has 0 fully saturated rings. The van der Waals surface area contributed by atoms with Crippen LogP contribution < -0.4 is 16.0 Å². The van der Waals surface area contributed by atoms with Gasteiger partial charge in [0.25, 0.3) is 0 Å². The summed E-state index contributed by atoms with van der Waals surface area (Å²) in [6.45, 7) is 2.12. The quantitative estimate of drug-likeness (QED) is 0.152. The monoisotopic (exact) mass is 349 g/mol. The van der Waals surface area contributed by atoms with Gasteiger partial charge in [0, 0.05) is 6.42 Å². The van der Waals surface area contributed by atoms with Crippen molar-refractivity contribution in [3.8, 4) is 0 Å². The van der Waals surface area contributed by atoms with Crippen molar-refractivity contribution in [3.05, 3.63) is 0 Å². The molecule has 0 heterocycles. The maximum absolute atomic E-state index is 11.4. The lowest BCUT2D eigenvalue weighted by Crippen LogP contribution is -2.60. The van der Waals surface area contributed by atoms with Crippen molar-refractivity contribution >= 4 is 17.9 Å². The Morgan fingerprint density at radius 2 is 1.75 bits per heavy atom. The molecule has 0 aliphatic carbocycles. The van der Waals surface area contributed by atoms with Crippen LogP contribution in [0.4, 0.5) is 0 Å². The molecule has 3 atom stereocenters. The average Bonchev–Trinajstić information content (AvgIpc) is 2.47. The third kappa shape index (κ3) is 8.77. The lowest BCUT2D eigenvalue weighted by atomic mass is 9.95. The molecule has 0 radical (unpaired) electrons. The molecule has 0 aromatic rings. The number of hydrogen-bond donors (Lipinski definition) is 7. The highest BCUT2D eigenvalue weighted by molar-refractivity contribution is 5.78. The zero-order valence-electron chi connectivity index (χ0n) is 13.9. The maximum atomic E-state index is 11.4. The summed E-state index contributed by atoms with van der Waals surface area (Å²) in [6.07, 6.45) is -0.668. The first kappa shape index (κ1) is 22.2. The number of aliphatic hydroxyl groups excluding tert-OH is 1. The van der Waals surface area contributed by atoms with Crippen LogP contribution in [0.2, 0.25) is 0 Å². The first-order valence-corrected chi connectivity index (χ1v) is 7.67. The molecule has 0 aliphatic rings. The average molecular weight is 349 g/mol. The Morgan fingerprint density at radius 1 is 1.12 bits per heavy atom. The van der Waals surface area contributed by atoms with Crippen molar-refractivity contribution in [2.75, 3.05) is 13.6 Å². The highest BCUT2D eigenvalue weighted by Crippen LogP contribution is 2.15. The summed E-state index contributed by atoms with van der Waals surface area (Å²) < 4.78 is 0. The van der Waals surface area contributed by atoms with E-state index in [0.29, 0.717) is 6.42 Å². The molecule has 0 rings (SSSR count). The minimum absolute atomic E-state index is 0.232. The van der Waals surface area contributed by atoms with Gasteiger partial charge in [-0.15, -0.1) is 0 Å². The van der Waals surface area contributed by atoms with Crippen molar-refractivity contribution in [1.82, 2.24) is 16.0 Å². The second-order valence-electron chi connectivity index (χ2n) is 5.73. The molecule has 7 N–H and O–H groups in total. The second kappa shape index (κ2) is 10.9. The molecule has 0 bridgehead atoms. The Kier molecular flexibility index (Phi) is 10.1. The van der Waals surface area contributed by atoms with Gasteiger partial charge >= 0.3 is 17.9 Å². The van der Waals surface area contributed by atoms with E-state index in [9.17, 15) is 24.6 Å². The molecule has 2 unspecified atom stereocenters. The first-order chi connectivity index (χ1) is 11.1. The summed E-state index contributed by atoms with van der Waals surface area (Å²) in [5.74, 6) is -3.67. The van der Waals surface area contributed by atoms with Gasteiger partial charge in [0.15, 0.2) is 6.35 Å². The Bertz CT molecular complexity index is 433. The highest BCUT2D eigenvalue weighted by atomic mass is 16.4. The van der Waals surface area contributed by atoms with Crippen molar-refractivity contribution in [3.63, 3.8) is 0 Å². The second-order valence-corrected chi connectivity index (χ2v) is 5.73. The molecular weight excluding hydrogens is 322 g/mol. The van der Waals surface area contributed by atoms with E-state index in [1.54, 1.807) is 7.05 Å². The van der Waals surface area contributed by atoms with Gasteiger partial charge < -0.3 is 25.7 Å². The van der Waals surface area contributed by atoms with Crippen LogP contribution in [0.25, 0.3) is 0 Å². The summed E-state index contributed by atoms with van der Waals surface area (Å²) in [5.41, 5.74) is -1.45. The van der Waals surface area contributed by atoms with Gasteiger partial charge in [-0.1, -0.05) is 0 Å². The van der Waals surface area contributed by atoms with Crippen molar-refractivity contribution < 1.29 is 34.8 Å². The fourth-order valence-electron chi connectivity index (χ4n) is 2.10. The van der Waals surface area contributed by atoms with Crippen LogP contribution in [0.15, 0.2) is 0 Å². The molecule has 10 nitrogen and oxygen atoms in total. The zero-order chi connectivity index (χ0) is 18.8. The summed E-state index contributed by atoms with van der Waals surface area (Å²) >= 11 is 0. The van der Waals surface area contributed by atoms with Crippen LogP contribution in [0.5, 0.6) is 0 Å². The molecule has 24 heavy (non-hydrogen) atoms. The molecule has 10 heteroatoms. The normalized spacial score (nSPS) is 16.1. The minimum atomic E-state index is -1.61. The number of unbranched alkanes of at least 4 members (excludes halogenated alkanes) is 1. The fraction of sp³-hybridized carbons (Fsp3) is 0.786. The Hall–Kier alpha value is -1.75. The third-order valence-electron chi connectivity index (χ3n) is 3.58. The smallest absolute Gasteiger partial charge is 0.323 e. The lowest BCUT2D eigenvalue weighted by Gasteiger charge is -2.31. The Labute approximate surface area is 140 Å². The summed E-state index contributed by atoms with van der Waals surface area (Å²) in [7, 11) is 1.78. The number of aliphatic hydroxyl groups is 1. The van der Waals surface area contributed by atoms with Gasteiger partial charge in [0.05, 0.1) is 0 Å². The van der Waals surface area contributed by atoms with Crippen LogP contribution in [-0.2, 0) is 14.4 Å². The molecule has 140 valence electrons. The largest absolute Gasteiger partial charge is 0.481 e. The standard InChI is InChI=1S/C14H27N3O7/c1-14(12(22)23,7-3-4-8-15-2)17-13(24)16-9(11(20)21)5-6-10(18)19/h9,13,15-17,24H,3-8H2,1-2H3,(H,18,19)(H,20,21)(H,22,23)/t9-,13?,14?/m0/s1. The van der Waals surface area contributed by atoms with Gasteiger partial charge in [-0.2, -0.15) is 0 Å². The number of carboxylic acids is 3. The molecule has 0 aromatic carbocycles. The van der Waals surface area contributed by atoms with E-state index in [-0.39, 0.29) is 12.8 Å². The predicted octanol–water partition coefficient (Wildman–Crippen LogP) is -1.01. The molecule has 0 amide bonds. The van der Waals surface area contributed by atoms with Crippen LogP contribution in [0, 0.1) is 0 Å². The van der Waals surface area contributed by atoms with Gasteiger partial charge in [0.1, 0.15) is 11.6 Å². The topological polar surface area (TPSA) is 168 Å². The van der Waals surface area contributed by atoms with Gasteiger partial charge in [-0.05, 0) is 46.2 Å². The lowest BCUT2D eigenvalue weighted by molar-refractivity contribution is -0.147. The van der Waals surface area contributed by atoms with Crippen molar-refractivity contribution in [1.29, 1.82) is 0 Å². The van der Waals surface area contributed by atoms with E-state index < -0.39 is 42.3 Å². The zero-order valence-corrected chi connectivity index (χ0v) is 13.9. The van der Waals surface area contributed by atoms with E-state index in [0.717, 1.165) is 13.0 Å². The maximum Gasteiger partial charge on any atom is 0.323 e. The highest BCUT2D eigenvalue weighted by Gasteiger charge is 2.35. The van der Waals surface area contributed by atoms with Crippen LogP contribution in [-0.4, -0.2) is 69.9 Å². The first-order valence-electron chi connectivity index (χ1n) is 7.67. The van der Waals surface area contributed by atoms with Crippen molar-refractivity contribution in [2.45, 2.75) is 57.0 Å². The van der Waals surface area contributed by atoms with E-state index in [1.807, 2.05) is 0 Å². The van der Waals surface area contributed by atoms with Gasteiger partial charge in [-0.3, -0.25) is 25.0 Å². The molecular formula is C14H27N3O7. The fourth-order valence-corrected chi connectivity index (χ4v) is 2.10. The SMILES string of the molecule is CNCCCCC(C)(NC(O)N[C@@H](CCC(=O)O)C(=O)O)C(=O)O. The van der Waals surface area contributed by atoms with Crippen LogP contribution >= 0.6 is 0 Å². The van der Waals surface area contributed by atoms with Gasteiger partial charge in [-0.25, -0.2) is 0 Å².